The molecule has 1 aliphatic heterocycles. The van der Waals surface area contributed by atoms with Crippen molar-refractivity contribution in [1.29, 1.82) is 0 Å². The molecule has 2 aromatic rings. The first-order valence-corrected chi connectivity index (χ1v) is 9.67. The molecule has 0 unspecified atom stereocenters. The topological polar surface area (TPSA) is 35.6 Å². The van der Waals surface area contributed by atoms with E-state index < -0.39 is 0 Å². The second-order valence-corrected chi connectivity index (χ2v) is 6.77. The molecule has 26 heavy (non-hydrogen) atoms. The van der Waals surface area contributed by atoms with Crippen LogP contribution in [0, 0.1) is 0 Å². The van der Waals surface area contributed by atoms with E-state index >= 15 is 0 Å². The molecule has 0 spiro atoms. The summed E-state index contributed by atoms with van der Waals surface area (Å²) < 4.78 is 0. The van der Waals surface area contributed by atoms with Crippen LogP contribution >= 0.6 is 0 Å². The molecule has 1 N–H and O–H groups in total. The zero-order chi connectivity index (χ0) is 18.2. The molecule has 2 aromatic carbocycles. The number of nitrogens with zero attached hydrogens (tertiary/aromatic N) is 2. The zero-order valence-electron chi connectivity index (χ0n) is 15.7. The number of aryl methyl sites for hydroxylation is 1. The second kappa shape index (κ2) is 9.27. The summed E-state index contributed by atoms with van der Waals surface area (Å²) in [4.78, 5) is 17.0. The van der Waals surface area contributed by atoms with Crippen LogP contribution in [0.3, 0.4) is 0 Å². The van der Waals surface area contributed by atoms with Crippen molar-refractivity contribution in [3.8, 4) is 0 Å². The lowest BCUT2D eigenvalue weighted by atomic mass is 10.1. The number of benzene rings is 2. The quantitative estimate of drug-likeness (QED) is 0.830. The Morgan fingerprint density at radius 1 is 1.08 bits per heavy atom. The molecule has 1 amide bonds. The van der Waals surface area contributed by atoms with Gasteiger partial charge >= 0.3 is 0 Å². The maximum absolute atomic E-state index is 12.5. The monoisotopic (exact) mass is 351 g/mol. The van der Waals surface area contributed by atoms with E-state index in [1.165, 1.54) is 23.4 Å². The predicted molar refractivity (Wildman–Crippen MR) is 109 cm³/mol. The minimum Gasteiger partial charge on any atom is -0.370 e. The van der Waals surface area contributed by atoms with E-state index in [4.69, 9.17) is 0 Å². The van der Waals surface area contributed by atoms with Gasteiger partial charge in [-0.25, -0.2) is 0 Å². The van der Waals surface area contributed by atoms with E-state index in [0.717, 1.165) is 32.5 Å². The van der Waals surface area contributed by atoms with Gasteiger partial charge in [-0.3, -0.25) is 4.79 Å². The normalized spacial score (nSPS) is 13.7. The van der Waals surface area contributed by atoms with Crippen LogP contribution in [-0.4, -0.2) is 38.6 Å². The van der Waals surface area contributed by atoms with Gasteiger partial charge in [0.05, 0.1) is 6.54 Å². The lowest BCUT2D eigenvalue weighted by Gasteiger charge is -2.25. The van der Waals surface area contributed by atoms with Crippen LogP contribution < -0.4 is 15.1 Å². The molecule has 0 aromatic heterocycles. The highest BCUT2D eigenvalue weighted by molar-refractivity contribution is 5.81. The Morgan fingerprint density at radius 2 is 1.85 bits per heavy atom. The summed E-state index contributed by atoms with van der Waals surface area (Å²) in [6, 6.07) is 18.8. The first-order chi connectivity index (χ1) is 12.8. The molecule has 0 radical (unpaired) electrons. The average Bonchev–Trinajstić information content (AvgIpc) is 2.88. The third-order valence-corrected chi connectivity index (χ3v) is 5.00. The summed E-state index contributed by atoms with van der Waals surface area (Å²) >= 11 is 0. The first-order valence-electron chi connectivity index (χ1n) is 9.67. The number of carbonyl (C=O) groups is 1. The summed E-state index contributed by atoms with van der Waals surface area (Å²) in [5, 5.41) is 3.09. The van der Waals surface area contributed by atoms with Gasteiger partial charge in [0, 0.05) is 37.6 Å². The van der Waals surface area contributed by atoms with E-state index in [-0.39, 0.29) is 5.91 Å². The molecule has 138 valence electrons. The molecule has 0 aliphatic carbocycles. The SMILES string of the molecule is CCN(CCNC(=O)CN1CCCCc2ccccc21)c1ccccc1. The van der Waals surface area contributed by atoms with Crippen LogP contribution in [0.15, 0.2) is 54.6 Å². The summed E-state index contributed by atoms with van der Waals surface area (Å²) in [6.07, 6.45) is 3.44. The summed E-state index contributed by atoms with van der Waals surface area (Å²) in [6.45, 7) is 5.95. The average molecular weight is 351 g/mol. The molecular formula is C22H29N3O. The number of hydrogen-bond donors (Lipinski definition) is 1. The number of para-hydroxylation sites is 2. The van der Waals surface area contributed by atoms with Gasteiger partial charge in [-0.1, -0.05) is 36.4 Å². The number of amides is 1. The number of hydrogen-bond acceptors (Lipinski definition) is 3. The Kier molecular flexibility index (Phi) is 6.53. The number of likely N-dealkylation sites (N-methyl/N-ethyl adjacent to an activating group) is 1. The smallest absolute Gasteiger partial charge is 0.239 e. The molecular weight excluding hydrogens is 322 g/mol. The van der Waals surface area contributed by atoms with Crippen molar-refractivity contribution < 1.29 is 4.79 Å². The van der Waals surface area contributed by atoms with Crippen LogP contribution in [0.5, 0.6) is 0 Å². The van der Waals surface area contributed by atoms with Crippen molar-refractivity contribution in [2.75, 3.05) is 42.5 Å². The molecule has 1 aliphatic rings. The Hall–Kier alpha value is -2.49. The predicted octanol–water partition coefficient (Wildman–Crippen LogP) is 3.47. The Balaban J connectivity index is 1.51. The van der Waals surface area contributed by atoms with Crippen LogP contribution in [0.4, 0.5) is 11.4 Å². The zero-order valence-corrected chi connectivity index (χ0v) is 15.7. The molecule has 1 heterocycles. The number of rotatable bonds is 7. The molecule has 4 heteroatoms. The largest absolute Gasteiger partial charge is 0.370 e. The van der Waals surface area contributed by atoms with Gasteiger partial charge in [-0.15, -0.1) is 0 Å². The van der Waals surface area contributed by atoms with Gasteiger partial charge < -0.3 is 15.1 Å². The maximum Gasteiger partial charge on any atom is 0.239 e. The molecule has 0 fully saturated rings. The third kappa shape index (κ3) is 4.78. The molecule has 3 rings (SSSR count). The summed E-state index contributed by atoms with van der Waals surface area (Å²) in [7, 11) is 0. The fourth-order valence-electron chi connectivity index (χ4n) is 3.60. The van der Waals surface area contributed by atoms with E-state index in [9.17, 15) is 4.79 Å². The Bertz CT molecular complexity index is 702. The highest BCUT2D eigenvalue weighted by atomic mass is 16.2. The molecule has 0 bridgehead atoms. The molecule has 0 atom stereocenters. The highest BCUT2D eigenvalue weighted by Gasteiger charge is 2.17. The van der Waals surface area contributed by atoms with Crippen LogP contribution in [0.25, 0.3) is 0 Å². The summed E-state index contributed by atoms with van der Waals surface area (Å²) in [5.41, 5.74) is 3.78. The Labute approximate surface area is 156 Å². The standard InChI is InChI=1S/C22H29N3O/c1-2-24(20-12-4-3-5-13-20)17-15-23-22(26)18-25-16-9-8-11-19-10-6-7-14-21(19)25/h3-7,10,12-14H,2,8-9,11,15-18H2,1H3,(H,23,26). The van der Waals surface area contributed by atoms with Crippen molar-refractivity contribution in [3.63, 3.8) is 0 Å². The van der Waals surface area contributed by atoms with E-state index in [2.05, 4.69) is 58.4 Å². The van der Waals surface area contributed by atoms with Crippen molar-refractivity contribution in [3.05, 3.63) is 60.2 Å². The van der Waals surface area contributed by atoms with Crippen LogP contribution in [-0.2, 0) is 11.2 Å². The molecule has 0 saturated heterocycles. The number of fused-ring (bicyclic) bond motifs is 1. The van der Waals surface area contributed by atoms with Gasteiger partial charge in [0.15, 0.2) is 0 Å². The lowest BCUT2D eigenvalue weighted by molar-refractivity contribution is -0.119. The minimum atomic E-state index is 0.103. The van der Waals surface area contributed by atoms with Crippen LogP contribution in [0.1, 0.15) is 25.3 Å². The van der Waals surface area contributed by atoms with Gasteiger partial charge in [-0.2, -0.15) is 0 Å². The van der Waals surface area contributed by atoms with E-state index in [1.807, 2.05) is 18.2 Å². The van der Waals surface area contributed by atoms with E-state index in [1.54, 1.807) is 0 Å². The molecule has 0 saturated carbocycles. The van der Waals surface area contributed by atoms with Crippen molar-refractivity contribution in [2.45, 2.75) is 26.2 Å². The Morgan fingerprint density at radius 3 is 2.65 bits per heavy atom. The first kappa shape index (κ1) is 18.3. The van der Waals surface area contributed by atoms with Crippen molar-refractivity contribution >= 4 is 17.3 Å². The second-order valence-electron chi connectivity index (χ2n) is 6.77. The lowest BCUT2D eigenvalue weighted by Crippen LogP contribution is -2.41. The minimum absolute atomic E-state index is 0.103. The fraction of sp³-hybridized carbons (Fsp3) is 0.409. The summed E-state index contributed by atoms with van der Waals surface area (Å²) in [5.74, 6) is 0.103. The molecule has 4 nitrogen and oxygen atoms in total. The fourth-order valence-corrected chi connectivity index (χ4v) is 3.60. The van der Waals surface area contributed by atoms with Gasteiger partial charge in [-0.05, 0) is 49.9 Å². The third-order valence-electron chi connectivity index (χ3n) is 5.00. The van der Waals surface area contributed by atoms with Crippen molar-refractivity contribution in [1.82, 2.24) is 5.32 Å². The van der Waals surface area contributed by atoms with Gasteiger partial charge in [0.1, 0.15) is 0 Å². The number of anilines is 2. The number of carbonyl (C=O) groups excluding carboxylic acids is 1. The van der Waals surface area contributed by atoms with E-state index in [0.29, 0.717) is 13.1 Å². The highest BCUT2D eigenvalue weighted by Crippen LogP contribution is 2.25. The van der Waals surface area contributed by atoms with Crippen LogP contribution in [0.2, 0.25) is 0 Å². The van der Waals surface area contributed by atoms with Crippen molar-refractivity contribution in [2.24, 2.45) is 0 Å². The number of nitrogens with one attached hydrogen (secondary N) is 1. The van der Waals surface area contributed by atoms with Gasteiger partial charge in [0.2, 0.25) is 5.91 Å². The van der Waals surface area contributed by atoms with Gasteiger partial charge in [0.25, 0.3) is 0 Å². The maximum atomic E-state index is 12.5.